The lowest BCUT2D eigenvalue weighted by atomic mass is 10.1. The standard InChI is InChI=1S/C24H21BrN4O3S/c1-16(17-7-4-3-5-8-17)29(2)24(30)19-12-11-18(25)15-21(19)28-33(31,32)22-10-6-9-20-23(22)27-14-13-26-20/h3-16,28H,1-2H3. The Morgan fingerprint density at radius 3 is 2.48 bits per heavy atom. The van der Waals surface area contributed by atoms with Crippen molar-refractivity contribution in [1.29, 1.82) is 0 Å². The summed E-state index contributed by atoms with van der Waals surface area (Å²) in [5.41, 5.74) is 2.09. The Hall–Kier alpha value is -3.30. The summed E-state index contributed by atoms with van der Waals surface area (Å²) < 4.78 is 29.8. The fourth-order valence-electron chi connectivity index (χ4n) is 3.49. The van der Waals surface area contributed by atoms with Crippen molar-refractivity contribution in [3.05, 3.63) is 94.7 Å². The van der Waals surface area contributed by atoms with Crippen LogP contribution in [0.3, 0.4) is 0 Å². The van der Waals surface area contributed by atoms with E-state index in [1.807, 2.05) is 37.3 Å². The molecular formula is C24H21BrN4O3S. The van der Waals surface area contributed by atoms with Crippen molar-refractivity contribution < 1.29 is 13.2 Å². The second-order valence-electron chi connectivity index (χ2n) is 7.48. The number of halogens is 1. The fraction of sp³-hybridized carbons (Fsp3) is 0.125. The van der Waals surface area contributed by atoms with Gasteiger partial charge < -0.3 is 4.90 Å². The van der Waals surface area contributed by atoms with Gasteiger partial charge in [-0.15, -0.1) is 0 Å². The van der Waals surface area contributed by atoms with E-state index < -0.39 is 10.0 Å². The largest absolute Gasteiger partial charge is 0.335 e. The lowest BCUT2D eigenvalue weighted by molar-refractivity contribution is 0.0743. The molecule has 4 rings (SSSR count). The van der Waals surface area contributed by atoms with E-state index in [4.69, 9.17) is 0 Å². The molecule has 7 nitrogen and oxygen atoms in total. The number of nitrogens with one attached hydrogen (secondary N) is 1. The summed E-state index contributed by atoms with van der Waals surface area (Å²) >= 11 is 3.37. The number of hydrogen-bond acceptors (Lipinski definition) is 5. The number of anilines is 1. The van der Waals surface area contributed by atoms with Gasteiger partial charge in [0.1, 0.15) is 10.4 Å². The lowest BCUT2D eigenvalue weighted by Crippen LogP contribution is -2.30. The molecule has 0 aliphatic heterocycles. The number of para-hydroxylation sites is 1. The Kier molecular flexibility index (Phi) is 6.44. The Bertz CT molecular complexity index is 1420. The zero-order chi connectivity index (χ0) is 23.6. The second-order valence-corrected chi connectivity index (χ2v) is 10.0. The van der Waals surface area contributed by atoms with Crippen LogP contribution in [0.4, 0.5) is 5.69 Å². The molecule has 0 fully saturated rings. The molecule has 3 aromatic carbocycles. The summed E-state index contributed by atoms with van der Waals surface area (Å²) in [4.78, 5) is 23.3. The molecule has 0 spiro atoms. The SMILES string of the molecule is CC(c1ccccc1)N(C)C(=O)c1ccc(Br)cc1NS(=O)(=O)c1cccc2nccnc12. The predicted octanol–water partition coefficient (Wildman–Crippen LogP) is 5.03. The van der Waals surface area contributed by atoms with Crippen LogP contribution < -0.4 is 4.72 Å². The van der Waals surface area contributed by atoms with E-state index in [2.05, 4.69) is 30.6 Å². The summed E-state index contributed by atoms with van der Waals surface area (Å²) in [6.45, 7) is 1.92. The molecule has 1 N–H and O–H groups in total. The first-order chi connectivity index (χ1) is 15.8. The van der Waals surface area contributed by atoms with Gasteiger partial charge in [-0.1, -0.05) is 52.3 Å². The highest BCUT2D eigenvalue weighted by molar-refractivity contribution is 9.10. The first-order valence-corrected chi connectivity index (χ1v) is 12.4. The van der Waals surface area contributed by atoms with Gasteiger partial charge in [-0.2, -0.15) is 0 Å². The number of rotatable bonds is 6. The van der Waals surface area contributed by atoms with Gasteiger partial charge in [0.2, 0.25) is 0 Å². The molecule has 4 aromatic rings. The maximum absolute atomic E-state index is 13.4. The van der Waals surface area contributed by atoms with Gasteiger partial charge in [0, 0.05) is 23.9 Å². The van der Waals surface area contributed by atoms with Crippen molar-refractivity contribution in [2.75, 3.05) is 11.8 Å². The molecule has 0 saturated carbocycles. The predicted molar refractivity (Wildman–Crippen MR) is 131 cm³/mol. The van der Waals surface area contributed by atoms with Crippen LogP contribution in [0.2, 0.25) is 0 Å². The molecular weight excluding hydrogens is 504 g/mol. The van der Waals surface area contributed by atoms with Gasteiger partial charge >= 0.3 is 0 Å². The highest BCUT2D eigenvalue weighted by Crippen LogP contribution is 2.29. The number of carbonyl (C=O) groups is 1. The van der Waals surface area contributed by atoms with Crippen molar-refractivity contribution >= 4 is 48.6 Å². The minimum absolute atomic E-state index is 0.0162. The molecule has 0 saturated heterocycles. The highest BCUT2D eigenvalue weighted by Gasteiger charge is 2.25. The Morgan fingerprint density at radius 2 is 1.73 bits per heavy atom. The summed E-state index contributed by atoms with van der Waals surface area (Å²) in [6, 6.07) is 19.1. The quantitative estimate of drug-likeness (QED) is 0.382. The normalized spacial score (nSPS) is 12.3. The number of amides is 1. The van der Waals surface area contributed by atoms with Crippen LogP contribution >= 0.6 is 15.9 Å². The van der Waals surface area contributed by atoms with Crippen molar-refractivity contribution in [2.24, 2.45) is 0 Å². The number of sulfonamides is 1. The van der Waals surface area contributed by atoms with Gasteiger partial charge in [0.05, 0.1) is 22.8 Å². The number of aromatic nitrogens is 2. The molecule has 1 amide bonds. The van der Waals surface area contributed by atoms with Crippen molar-refractivity contribution in [1.82, 2.24) is 14.9 Å². The molecule has 1 unspecified atom stereocenters. The average Bonchev–Trinajstić information content (AvgIpc) is 2.82. The third-order valence-electron chi connectivity index (χ3n) is 5.39. The zero-order valence-corrected chi connectivity index (χ0v) is 20.3. The molecule has 1 atom stereocenters. The monoisotopic (exact) mass is 524 g/mol. The first-order valence-electron chi connectivity index (χ1n) is 10.1. The van der Waals surface area contributed by atoms with E-state index in [0.717, 1.165) is 5.56 Å². The molecule has 0 aliphatic carbocycles. The Morgan fingerprint density at radius 1 is 1.00 bits per heavy atom. The van der Waals surface area contributed by atoms with E-state index in [-0.39, 0.29) is 33.6 Å². The Labute approximate surface area is 200 Å². The third-order valence-corrected chi connectivity index (χ3v) is 7.28. The third kappa shape index (κ3) is 4.74. The molecule has 33 heavy (non-hydrogen) atoms. The summed E-state index contributed by atoms with van der Waals surface area (Å²) in [6.07, 6.45) is 2.94. The van der Waals surface area contributed by atoms with Crippen LogP contribution in [-0.4, -0.2) is 36.2 Å². The topological polar surface area (TPSA) is 92.3 Å². The van der Waals surface area contributed by atoms with Gasteiger partial charge in [-0.25, -0.2) is 8.42 Å². The van der Waals surface area contributed by atoms with Gasteiger partial charge in [0.25, 0.3) is 15.9 Å². The minimum Gasteiger partial charge on any atom is -0.335 e. The molecule has 9 heteroatoms. The number of nitrogens with zero attached hydrogens (tertiary/aromatic N) is 3. The molecule has 1 aromatic heterocycles. The van der Waals surface area contributed by atoms with Gasteiger partial charge in [-0.05, 0) is 42.8 Å². The molecule has 0 aliphatic rings. The maximum Gasteiger partial charge on any atom is 0.264 e. The van der Waals surface area contributed by atoms with Crippen LogP contribution in [0.5, 0.6) is 0 Å². The minimum atomic E-state index is -4.05. The van der Waals surface area contributed by atoms with Crippen LogP contribution in [0, 0.1) is 0 Å². The number of carbonyl (C=O) groups excluding carboxylic acids is 1. The zero-order valence-electron chi connectivity index (χ0n) is 17.9. The molecule has 168 valence electrons. The van der Waals surface area contributed by atoms with E-state index >= 15 is 0 Å². The van der Waals surface area contributed by atoms with Crippen molar-refractivity contribution in [2.45, 2.75) is 17.9 Å². The van der Waals surface area contributed by atoms with Crippen molar-refractivity contribution in [3.63, 3.8) is 0 Å². The van der Waals surface area contributed by atoms with Crippen LogP contribution in [0.1, 0.15) is 28.9 Å². The smallest absolute Gasteiger partial charge is 0.264 e. The summed E-state index contributed by atoms with van der Waals surface area (Å²) in [7, 11) is -2.36. The maximum atomic E-state index is 13.4. The van der Waals surface area contributed by atoms with E-state index in [9.17, 15) is 13.2 Å². The molecule has 0 bridgehead atoms. The molecule has 1 heterocycles. The van der Waals surface area contributed by atoms with E-state index in [0.29, 0.717) is 9.99 Å². The summed E-state index contributed by atoms with van der Waals surface area (Å²) in [5, 5.41) is 0. The number of fused-ring (bicyclic) bond motifs is 1. The number of hydrogen-bond donors (Lipinski definition) is 1. The second kappa shape index (κ2) is 9.29. The van der Waals surface area contributed by atoms with Gasteiger partial charge in [0.15, 0.2) is 0 Å². The van der Waals surface area contributed by atoms with Crippen LogP contribution in [0.15, 0.2) is 88.5 Å². The van der Waals surface area contributed by atoms with E-state index in [1.54, 1.807) is 42.3 Å². The first kappa shape index (κ1) is 22.9. The summed E-state index contributed by atoms with van der Waals surface area (Å²) in [5.74, 6) is -0.311. The average molecular weight is 525 g/mol. The van der Waals surface area contributed by atoms with E-state index in [1.165, 1.54) is 18.5 Å². The lowest BCUT2D eigenvalue weighted by Gasteiger charge is -2.26. The number of benzene rings is 3. The van der Waals surface area contributed by atoms with Crippen molar-refractivity contribution in [3.8, 4) is 0 Å². The Balaban J connectivity index is 1.71. The van der Waals surface area contributed by atoms with Crippen LogP contribution in [0.25, 0.3) is 11.0 Å². The fourth-order valence-corrected chi connectivity index (χ4v) is 5.09. The van der Waals surface area contributed by atoms with Crippen LogP contribution in [-0.2, 0) is 10.0 Å². The highest BCUT2D eigenvalue weighted by atomic mass is 79.9. The molecule has 0 radical (unpaired) electrons. The van der Waals surface area contributed by atoms with Gasteiger partial charge in [-0.3, -0.25) is 19.5 Å².